The van der Waals surface area contributed by atoms with Crippen molar-refractivity contribution in [2.75, 3.05) is 5.73 Å². The molecule has 0 bridgehead atoms. The van der Waals surface area contributed by atoms with E-state index in [1.54, 1.807) is 42.6 Å². The molecule has 3 aromatic rings. The van der Waals surface area contributed by atoms with Gasteiger partial charge in [-0.2, -0.15) is 5.26 Å². The number of nitrogen functional groups attached to an aromatic ring is 1. The van der Waals surface area contributed by atoms with Crippen LogP contribution < -0.4 is 5.73 Å². The molecule has 0 aliphatic carbocycles. The molecule has 7 heteroatoms. The molecule has 24 heavy (non-hydrogen) atoms. The lowest BCUT2D eigenvalue weighted by molar-refractivity contribution is 0.577. The molecule has 3 aromatic heterocycles. The van der Waals surface area contributed by atoms with Crippen molar-refractivity contribution in [2.24, 2.45) is 0 Å². The molecule has 0 radical (unpaired) electrons. The Balaban J connectivity index is 1.88. The third-order valence-electron chi connectivity index (χ3n) is 4.01. The minimum atomic E-state index is 0.260. The molecule has 1 aliphatic rings. The molecular weight excluding hydrogens is 322 g/mol. The molecule has 4 heterocycles. The van der Waals surface area contributed by atoms with Crippen molar-refractivity contribution in [1.82, 2.24) is 15.0 Å². The summed E-state index contributed by atoms with van der Waals surface area (Å²) in [7, 11) is 0. The van der Waals surface area contributed by atoms with Gasteiger partial charge in [-0.25, -0.2) is 15.0 Å². The highest BCUT2D eigenvalue weighted by Crippen LogP contribution is 2.46. The number of nitrogens with zero attached hydrogens (tertiary/aromatic N) is 4. The number of nitriles is 1. The number of aromatic nitrogens is 3. The molecule has 0 aromatic carbocycles. The van der Waals surface area contributed by atoms with Crippen molar-refractivity contribution >= 4 is 17.6 Å². The van der Waals surface area contributed by atoms with Gasteiger partial charge in [0, 0.05) is 34.5 Å². The zero-order chi connectivity index (χ0) is 16.7. The third-order valence-corrected chi connectivity index (χ3v) is 5.19. The molecule has 0 fully saturated rings. The zero-order valence-corrected chi connectivity index (χ0v) is 13.7. The third kappa shape index (κ3) is 2.23. The van der Waals surface area contributed by atoms with E-state index in [4.69, 9.17) is 10.2 Å². The summed E-state index contributed by atoms with van der Waals surface area (Å²) in [6, 6.07) is 5.77. The van der Waals surface area contributed by atoms with Crippen molar-refractivity contribution in [3.63, 3.8) is 0 Å². The first kappa shape index (κ1) is 14.7. The summed E-state index contributed by atoms with van der Waals surface area (Å²) in [5.41, 5.74) is 9.95. The van der Waals surface area contributed by atoms with Crippen LogP contribution in [0.25, 0.3) is 22.7 Å². The molecule has 1 atom stereocenters. The van der Waals surface area contributed by atoms with Crippen molar-refractivity contribution in [2.45, 2.75) is 17.9 Å². The topological polar surface area (TPSA) is 102 Å². The van der Waals surface area contributed by atoms with E-state index in [0.717, 1.165) is 28.1 Å². The highest BCUT2D eigenvalue weighted by atomic mass is 32.2. The molecular formula is C17H13N5OS. The summed E-state index contributed by atoms with van der Waals surface area (Å²) in [5, 5.41) is 9.79. The molecule has 0 saturated carbocycles. The number of hydrogen-bond donors (Lipinski definition) is 1. The monoisotopic (exact) mass is 335 g/mol. The number of pyridine rings is 1. The van der Waals surface area contributed by atoms with E-state index in [-0.39, 0.29) is 11.1 Å². The van der Waals surface area contributed by atoms with Gasteiger partial charge < -0.3 is 10.2 Å². The van der Waals surface area contributed by atoms with Gasteiger partial charge in [-0.05, 0) is 24.6 Å². The molecule has 4 rings (SSSR count). The van der Waals surface area contributed by atoms with Gasteiger partial charge in [0.2, 0.25) is 0 Å². The van der Waals surface area contributed by atoms with E-state index >= 15 is 0 Å². The van der Waals surface area contributed by atoms with E-state index < -0.39 is 0 Å². The minimum absolute atomic E-state index is 0.260. The molecule has 0 amide bonds. The maximum Gasteiger partial charge on any atom is 0.195 e. The van der Waals surface area contributed by atoms with Gasteiger partial charge in [0.15, 0.2) is 11.6 Å². The average Bonchev–Trinajstić information content (AvgIpc) is 3.25. The van der Waals surface area contributed by atoms with Crippen molar-refractivity contribution in [3.8, 4) is 28.8 Å². The Morgan fingerprint density at radius 1 is 1.38 bits per heavy atom. The first-order valence-corrected chi connectivity index (χ1v) is 8.44. The molecule has 118 valence electrons. The van der Waals surface area contributed by atoms with E-state index in [0.29, 0.717) is 17.1 Å². The second-order valence-electron chi connectivity index (χ2n) is 5.45. The zero-order valence-electron chi connectivity index (χ0n) is 12.9. The van der Waals surface area contributed by atoms with Gasteiger partial charge in [-0.3, -0.25) is 0 Å². The molecule has 0 unspecified atom stereocenters. The Hall–Kier alpha value is -2.85. The number of hydrogen-bond acceptors (Lipinski definition) is 7. The second kappa shape index (κ2) is 5.65. The van der Waals surface area contributed by atoms with Gasteiger partial charge in [0.1, 0.15) is 17.5 Å². The highest BCUT2D eigenvalue weighted by Gasteiger charge is 2.28. The van der Waals surface area contributed by atoms with Gasteiger partial charge in [-0.15, -0.1) is 11.8 Å². The van der Waals surface area contributed by atoms with Crippen LogP contribution in [0.15, 0.2) is 35.2 Å². The Morgan fingerprint density at radius 2 is 2.17 bits per heavy atom. The molecule has 0 spiro atoms. The van der Waals surface area contributed by atoms with Crippen LogP contribution in [-0.4, -0.2) is 15.0 Å². The Bertz CT molecular complexity index is 945. The minimum Gasteiger partial charge on any atom is -0.461 e. The lowest BCUT2D eigenvalue weighted by atomic mass is 9.96. The largest absolute Gasteiger partial charge is 0.461 e. The SMILES string of the molecule is C[C@@H]1SCc2c1nc(N)c(C#N)c2-c1cnc(-c2ccco2)nc1. The van der Waals surface area contributed by atoms with Crippen LogP contribution in [0.3, 0.4) is 0 Å². The van der Waals surface area contributed by atoms with E-state index in [1.807, 2.05) is 0 Å². The van der Waals surface area contributed by atoms with Gasteiger partial charge in [0.05, 0.1) is 12.0 Å². The van der Waals surface area contributed by atoms with Crippen molar-refractivity contribution in [3.05, 3.63) is 47.6 Å². The van der Waals surface area contributed by atoms with Gasteiger partial charge >= 0.3 is 0 Å². The Kier molecular flexibility index (Phi) is 3.47. The number of nitrogens with two attached hydrogens (primary N) is 1. The smallest absolute Gasteiger partial charge is 0.195 e. The van der Waals surface area contributed by atoms with Crippen molar-refractivity contribution in [1.29, 1.82) is 5.26 Å². The first-order valence-electron chi connectivity index (χ1n) is 7.39. The fraction of sp³-hybridized carbons (Fsp3) is 0.176. The number of thioether (sulfide) groups is 1. The van der Waals surface area contributed by atoms with Gasteiger partial charge in [-0.1, -0.05) is 0 Å². The number of anilines is 1. The maximum atomic E-state index is 9.53. The number of rotatable bonds is 2. The summed E-state index contributed by atoms with van der Waals surface area (Å²) in [4.78, 5) is 13.2. The predicted molar refractivity (Wildman–Crippen MR) is 91.8 cm³/mol. The van der Waals surface area contributed by atoms with Crippen LogP contribution in [0, 0.1) is 11.3 Å². The van der Waals surface area contributed by atoms with Crippen molar-refractivity contribution < 1.29 is 4.42 Å². The predicted octanol–water partition coefficient (Wildman–Crippen LogP) is 3.56. The van der Waals surface area contributed by atoms with E-state index in [1.165, 1.54) is 0 Å². The summed E-state index contributed by atoms with van der Waals surface area (Å²) < 4.78 is 5.31. The van der Waals surface area contributed by atoms with E-state index in [2.05, 4.69) is 27.9 Å². The lowest BCUT2D eigenvalue weighted by Gasteiger charge is -2.12. The number of furan rings is 1. The summed E-state index contributed by atoms with van der Waals surface area (Å²) >= 11 is 1.78. The number of fused-ring (bicyclic) bond motifs is 1. The Morgan fingerprint density at radius 3 is 2.83 bits per heavy atom. The highest BCUT2D eigenvalue weighted by molar-refractivity contribution is 7.99. The molecule has 1 aliphatic heterocycles. The summed E-state index contributed by atoms with van der Waals surface area (Å²) in [6.07, 6.45) is 4.98. The van der Waals surface area contributed by atoms with Crippen LogP contribution in [-0.2, 0) is 5.75 Å². The standard InChI is InChI=1S/C17H13N5OS/c1-9-15-12(8-24-9)14(11(5-18)16(19)22-15)10-6-20-17(21-7-10)13-3-2-4-23-13/h2-4,6-7,9H,8H2,1H3,(H2,19,22)/t9-/m0/s1. The molecule has 0 saturated heterocycles. The quantitative estimate of drug-likeness (QED) is 0.764. The van der Waals surface area contributed by atoms with Crippen LogP contribution in [0.4, 0.5) is 5.82 Å². The average molecular weight is 335 g/mol. The molecule has 2 N–H and O–H groups in total. The van der Waals surface area contributed by atoms with E-state index in [9.17, 15) is 5.26 Å². The van der Waals surface area contributed by atoms with Crippen LogP contribution >= 0.6 is 11.8 Å². The Labute approximate surface area is 142 Å². The summed E-state index contributed by atoms with van der Waals surface area (Å²) in [6.45, 7) is 2.09. The lowest BCUT2D eigenvalue weighted by Crippen LogP contribution is -2.05. The molecule has 6 nitrogen and oxygen atoms in total. The van der Waals surface area contributed by atoms with Crippen LogP contribution in [0.1, 0.15) is 29.0 Å². The van der Waals surface area contributed by atoms with Crippen LogP contribution in [0.2, 0.25) is 0 Å². The van der Waals surface area contributed by atoms with Crippen LogP contribution in [0.5, 0.6) is 0 Å². The summed E-state index contributed by atoms with van der Waals surface area (Å²) in [5.74, 6) is 2.17. The second-order valence-corrected chi connectivity index (χ2v) is 6.78. The normalized spacial score (nSPS) is 15.9. The first-order chi connectivity index (χ1) is 11.7. The fourth-order valence-corrected chi connectivity index (χ4v) is 3.91. The van der Waals surface area contributed by atoms with Gasteiger partial charge in [0.25, 0.3) is 0 Å². The fourth-order valence-electron chi connectivity index (χ4n) is 2.85. The maximum absolute atomic E-state index is 9.53.